The second-order valence-electron chi connectivity index (χ2n) is 8.76. The Hall–Kier alpha value is -2.13. The summed E-state index contributed by atoms with van der Waals surface area (Å²) in [6.07, 6.45) is 2.85. The molecule has 0 aromatic heterocycles. The summed E-state index contributed by atoms with van der Waals surface area (Å²) in [6.45, 7) is 7.21. The van der Waals surface area contributed by atoms with E-state index in [4.69, 9.17) is 17.2 Å². The summed E-state index contributed by atoms with van der Waals surface area (Å²) < 4.78 is 28.1. The number of aliphatic imine (C=N–C) groups is 2. The fourth-order valence-electron chi connectivity index (χ4n) is 4.81. The molecule has 0 radical (unpaired) electrons. The van der Waals surface area contributed by atoms with E-state index in [1.54, 1.807) is 28.6 Å². The molecule has 1 aromatic rings. The highest BCUT2D eigenvalue weighted by Crippen LogP contribution is 2.53. The first-order chi connectivity index (χ1) is 12.4. The van der Waals surface area contributed by atoms with Crippen LogP contribution in [0.3, 0.4) is 0 Å². The molecule has 6 N–H and O–H groups in total. The van der Waals surface area contributed by atoms with Gasteiger partial charge in [-0.05, 0) is 54.4 Å². The fraction of sp³-hybridized carbons (Fsp3) is 0.556. The first kappa shape index (κ1) is 19.6. The maximum Gasteiger partial charge on any atom is 0.243 e. The van der Waals surface area contributed by atoms with Gasteiger partial charge in [0.1, 0.15) is 0 Å². The van der Waals surface area contributed by atoms with Crippen molar-refractivity contribution in [3.63, 3.8) is 0 Å². The van der Waals surface area contributed by atoms with Crippen LogP contribution in [0.5, 0.6) is 0 Å². The van der Waals surface area contributed by atoms with Gasteiger partial charge in [0, 0.05) is 12.6 Å². The van der Waals surface area contributed by atoms with Crippen molar-refractivity contribution in [1.82, 2.24) is 4.31 Å². The first-order valence-corrected chi connectivity index (χ1v) is 10.4. The molecule has 0 spiro atoms. The average Bonchev–Trinajstić information content (AvgIpc) is 2.76. The molecule has 2 unspecified atom stereocenters. The van der Waals surface area contributed by atoms with E-state index in [-0.39, 0.29) is 33.7 Å². The molecule has 2 atom stereocenters. The molecular formula is C18H28N6O2S. The second kappa shape index (κ2) is 6.49. The van der Waals surface area contributed by atoms with Crippen molar-refractivity contribution >= 4 is 27.6 Å². The lowest BCUT2D eigenvalue weighted by molar-refractivity contribution is 0.133. The third-order valence-corrected chi connectivity index (χ3v) is 7.21. The van der Waals surface area contributed by atoms with Crippen LogP contribution in [0.1, 0.15) is 40.0 Å². The highest BCUT2D eigenvalue weighted by atomic mass is 32.2. The van der Waals surface area contributed by atoms with Gasteiger partial charge in [-0.2, -0.15) is 9.30 Å². The number of hydrogen-bond acceptors (Lipinski definition) is 3. The lowest BCUT2D eigenvalue weighted by atomic mass is 9.65. The van der Waals surface area contributed by atoms with Gasteiger partial charge in [-0.25, -0.2) is 13.4 Å². The van der Waals surface area contributed by atoms with Gasteiger partial charge in [0.25, 0.3) is 0 Å². The molecule has 2 bridgehead atoms. The Kier molecular flexibility index (Phi) is 4.72. The summed E-state index contributed by atoms with van der Waals surface area (Å²) >= 11 is 0. The minimum atomic E-state index is -3.56. The van der Waals surface area contributed by atoms with Crippen LogP contribution >= 0.6 is 0 Å². The largest absolute Gasteiger partial charge is 0.370 e. The summed E-state index contributed by atoms with van der Waals surface area (Å²) in [6, 6.07) is 6.34. The van der Waals surface area contributed by atoms with Gasteiger partial charge >= 0.3 is 0 Å². The van der Waals surface area contributed by atoms with E-state index in [1.807, 2.05) is 0 Å². The Morgan fingerprint density at radius 3 is 2.33 bits per heavy atom. The first-order valence-electron chi connectivity index (χ1n) is 8.96. The van der Waals surface area contributed by atoms with Crippen molar-refractivity contribution in [2.24, 2.45) is 38.0 Å². The standard InChI is InChI=1S/C18H28N6O2S/c1-17(2)8-13-9-18(3,10-17)11-24(13)27(25,26)14-6-4-12(5-7-14)22-16(21)23-15(19)20/h4-7,13H,8-11H2,1-3H3,(H6,19,20,21,22,23). The molecule has 0 amide bonds. The van der Waals surface area contributed by atoms with Gasteiger partial charge in [0.05, 0.1) is 10.6 Å². The maximum atomic E-state index is 13.2. The number of sulfonamides is 1. The molecule has 1 saturated carbocycles. The predicted molar refractivity (Wildman–Crippen MR) is 107 cm³/mol. The predicted octanol–water partition coefficient (Wildman–Crippen LogP) is 1.50. The van der Waals surface area contributed by atoms with Gasteiger partial charge in [-0.3, -0.25) is 0 Å². The Morgan fingerprint density at radius 1 is 1.11 bits per heavy atom. The second-order valence-corrected chi connectivity index (χ2v) is 10.7. The molecule has 1 aliphatic carbocycles. The Labute approximate surface area is 160 Å². The SMILES string of the molecule is CC1(C)CC2CC(C)(CN2S(=O)(=O)c2ccc(N=C(N)N=C(N)N)cc2)C1. The number of guanidine groups is 2. The molecule has 2 fully saturated rings. The Balaban J connectivity index is 1.85. The molecule has 9 heteroatoms. The van der Waals surface area contributed by atoms with Gasteiger partial charge in [-0.15, -0.1) is 0 Å². The lowest BCUT2D eigenvalue weighted by Crippen LogP contribution is -2.37. The van der Waals surface area contributed by atoms with Crippen LogP contribution in [0.25, 0.3) is 0 Å². The number of nitrogens with two attached hydrogens (primary N) is 3. The molecule has 2 aliphatic rings. The Bertz CT molecular complexity index is 887. The molecule has 1 aromatic carbocycles. The highest BCUT2D eigenvalue weighted by molar-refractivity contribution is 7.89. The third kappa shape index (κ3) is 4.08. The minimum Gasteiger partial charge on any atom is -0.370 e. The van der Waals surface area contributed by atoms with Crippen molar-refractivity contribution in [1.29, 1.82) is 0 Å². The van der Waals surface area contributed by atoms with Crippen molar-refractivity contribution in [3.05, 3.63) is 24.3 Å². The zero-order valence-corrected chi connectivity index (χ0v) is 16.8. The van der Waals surface area contributed by atoms with Crippen molar-refractivity contribution in [2.45, 2.75) is 51.0 Å². The van der Waals surface area contributed by atoms with E-state index in [9.17, 15) is 8.42 Å². The van der Waals surface area contributed by atoms with E-state index in [0.29, 0.717) is 12.2 Å². The smallest absolute Gasteiger partial charge is 0.243 e. The average molecular weight is 393 g/mol. The molecule has 8 nitrogen and oxygen atoms in total. The van der Waals surface area contributed by atoms with Gasteiger partial charge in [0.15, 0.2) is 5.96 Å². The quantitative estimate of drug-likeness (QED) is 0.528. The minimum absolute atomic E-state index is 0.0400. The summed E-state index contributed by atoms with van der Waals surface area (Å²) in [5.41, 5.74) is 16.8. The van der Waals surface area contributed by atoms with Crippen molar-refractivity contribution in [2.75, 3.05) is 6.54 Å². The number of benzene rings is 1. The molecule has 1 heterocycles. The highest BCUT2D eigenvalue weighted by Gasteiger charge is 2.53. The van der Waals surface area contributed by atoms with Crippen LogP contribution in [0, 0.1) is 10.8 Å². The summed E-state index contributed by atoms with van der Waals surface area (Å²) in [5, 5.41) is 0. The van der Waals surface area contributed by atoms with Crippen LogP contribution in [-0.2, 0) is 10.0 Å². The number of hydrogen-bond donors (Lipinski definition) is 3. The summed E-state index contributed by atoms with van der Waals surface area (Å²) in [4.78, 5) is 7.94. The van der Waals surface area contributed by atoms with Gasteiger partial charge in [0.2, 0.25) is 16.0 Å². The number of rotatable bonds is 3. The van der Waals surface area contributed by atoms with Crippen LogP contribution in [0.15, 0.2) is 39.1 Å². The van der Waals surface area contributed by atoms with E-state index in [0.717, 1.165) is 19.3 Å². The molecule has 1 aliphatic heterocycles. The van der Waals surface area contributed by atoms with Gasteiger partial charge in [-0.1, -0.05) is 20.8 Å². The molecule has 27 heavy (non-hydrogen) atoms. The lowest BCUT2D eigenvalue weighted by Gasteiger charge is -2.39. The van der Waals surface area contributed by atoms with E-state index >= 15 is 0 Å². The summed E-state index contributed by atoms with van der Waals surface area (Å²) in [5.74, 6) is -0.277. The monoisotopic (exact) mass is 392 g/mol. The van der Waals surface area contributed by atoms with Crippen LogP contribution in [0.4, 0.5) is 5.69 Å². The van der Waals surface area contributed by atoms with E-state index < -0.39 is 10.0 Å². The van der Waals surface area contributed by atoms with Crippen LogP contribution in [-0.4, -0.2) is 37.2 Å². The fourth-order valence-corrected chi connectivity index (χ4v) is 6.58. The zero-order chi connectivity index (χ0) is 20.0. The number of nitrogens with zero attached hydrogens (tertiary/aromatic N) is 3. The zero-order valence-electron chi connectivity index (χ0n) is 16.0. The third-order valence-electron chi connectivity index (χ3n) is 5.30. The maximum absolute atomic E-state index is 13.2. The van der Waals surface area contributed by atoms with Crippen molar-refractivity contribution < 1.29 is 8.42 Å². The molecule has 148 valence electrons. The van der Waals surface area contributed by atoms with E-state index in [1.165, 1.54) is 0 Å². The van der Waals surface area contributed by atoms with Crippen LogP contribution in [0.2, 0.25) is 0 Å². The van der Waals surface area contributed by atoms with Crippen LogP contribution < -0.4 is 17.2 Å². The van der Waals surface area contributed by atoms with Crippen molar-refractivity contribution in [3.8, 4) is 0 Å². The molecular weight excluding hydrogens is 364 g/mol. The van der Waals surface area contributed by atoms with Gasteiger partial charge < -0.3 is 17.2 Å². The Morgan fingerprint density at radius 2 is 1.74 bits per heavy atom. The normalized spacial score (nSPS) is 28.1. The number of fused-ring (bicyclic) bond motifs is 2. The van der Waals surface area contributed by atoms with E-state index in [2.05, 4.69) is 30.8 Å². The summed E-state index contributed by atoms with van der Waals surface area (Å²) in [7, 11) is -3.56. The molecule has 1 saturated heterocycles. The topological polar surface area (TPSA) is 140 Å². The molecule has 3 rings (SSSR count).